The molecule has 2 amide bonds. The van der Waals surface area contributed by atoms with Gasteiger partial charge in [0.15, 0.2) is 0 Å². The first kappa shape index (κ1) is 17.7. The summed E-state index contributed by atoms with van der Waals surface area (Å²) in [6, 6.07) is 15.5. The molecule has 0 unspecified atom stereocenters. The minimum Gasteiger partial charge on any atom is -0.352 e. The third kappa shape index (κ3) is 4.69. The molecule has 4 nitrogen and oxygen atoms in total. The van der Waals surface area contributed by atoms with Crippen LogP contribution in [0.3, 0.4) is 0 Å². The summed E-state index contributed by atoms with van der Waals surface area (Å²) in [4.78, 5) is 24.2. The van der Waals surface area contributed by atoms with E-state index < -0.39 is 0 Å². The summed E-state index contributed by atoms with van der Waals surface area (Å²) in [5.41, 5.74) is 3.13. The van der Waals surface area contributed by atoms with Gasteiger partial charge in [0.2, 0.25) is 5.91 Å². The van der Waals surface area contributed by atoms with E-state index in [4.69, 9.17) is 0 Å². The van der Waals surface area contributed by atoms with E-state index in [1.54, 1.807) is 12.1 Å². The van der Waals surface area contributed by atoms with Crippen molar-refractivity contribution in [2.45, 2.75) is 31.7 Å². The fourth-order valence-corrected chi connectivity index (χ4v) is 3.43. The van der Waals surface area contributed by atoms with Gasteiger partial charge in [0.25, 0.3) is 5.91 Å². The molecule has 0 fully saturated rings. The van der Waals surface area contributed by atoms with Crippen molar-refractivity contribution in [3.63, 3.8) is 0 Å². The predicted molar refractivity (Wildman–Crippen MR) is 101 cm³/mol. The van der Waals surface area contributed by atoms with Crippen LogP contribution in [0.2, 0.25) is 0 Å². The summed E-state index contributed by atoms with van der Waals surface area (Å²) in [6.07, 6.45) is 3.41. The van der Waals surface area contributed by atoms with Crippen LogP contribution in [0.25, 0.3) is 0 Å². The summed E-state index contributed by atoms with van der Waals surface area (Å²) in [5.74, 6) is -0.193. The first-order chi connectivity index (χ1) is 12.1. The number of fused-ring (bicyclic) bond motifs is 1. The number of rotatable bonds is 5. The van der Waals surface area contributed by atoms with Gasteiger partial charge in [0.1, 0.15) is 0 Å². The van der Waals surface area contributed by atoms with E-state index in [9.17, 15) is 9.59 Å². The lowest BCUT2D eigenvalue weighted by molar-refractivity contribution is -0.121. The van der Waals surface area contributed by atoms with Crippen LogP contribution in [0.15, 0.2) is 53.0 Å². The Morgan fingerprint density at radius 1 is 1.08 bits per heavy atom. The largest absolute Gasteiger partial charge is 0.352 e. The van der Waals surface area contributed by atoms with E-state index in [0.29, 0.717) is 12.1 Å². The Hall–Kier alpha value is -2.14. The van der Waals surface area contributed by atoms with Gasteiger partial charge in [-0.3, -0.25) is 9.59 Å². The summed E-state index contributed by atoms with van der Waals surface area (Å²) in [6.45, 7) is 0.328. The van der Waals surface area contributed by atoms with Crippen LogP contribution < -0.4 is 10.6 Å². The molecule has 1 aliphatic rings. The second-order valence-corrected chi connectivity index (χ2v) is 7.14. The maximum absolute atomic E-state index is 12.2. The Morgan fingerprint density at radius 2 is 1.84 bits per heavy atom. The second kappa shape index (κ2) is 8.30. The van der Waals surface area contributed by atoms with Crippen LogP contribution in [0, 0.1) is 0 Å². The Balaban J connectivity index is 1.47. The molecule has 1 aliphatic carbocycles. The van der Waals surface area contributed by atoms with Crippen LogP contribution in [0.4, 0.5) is 0 Å². The highest BCUT2D eigenvalue weighted by Crippen LogP contribution is 2.29. The second-order valence-electron chi connectivity index (χ2n) is 6.22. The molecule has 25 heavy (non-hydrogen) atoms. The number of benzene rings is 2. The Kier molecular flexibility index (Phi) is 5.87. The van der Waals surface area contributed by atoms with Crippen LogP contribution in [0.1, 0.15) is 46.8 Å². The van der Waals surface area contributed by atoms with Gasteiger partial charge in [-0.15, -0.1) is 0 Å². The molecular formula is C20H21BrN2O2. The smallest absolute Gasteiger partial charge is 0.251 e. The number of aryl methyl sites for hydroxylation is 1. The lowest BCUT2D eigenvalue weighted by atomic mass is 9.88. The van der Waals surface area contributed by atoms with E-state index >= 15 is 0 Å². The van der Waals surface area contributed by atoms with Gasteiger partial charge in [-0.05, 0) is 54.7 Å². The number of amides is 2. The SMILES string of the molecule is O=C(CCNC(=O)c1ccc(Br)cc1)N[C@H]1CCCc2ccccc21. The van der Waals surface area contributed by atoms with Crippen molar-refractivity contribution < 1.29 is 9.59 Å². The summed E-state index contributed by atoms with van der Waals surface area (Å²) < 4.78 is 0.927. The first-order valence-corrected chi connectivity index (χ1v) is 9.34. The van der Waals surface area contributed by atoms with Gasteiger partial charge >= 0.3 is 0 Å². The maximum atomic E-state index is 12.2. The van der Waals surface area contributed by atoms with Gasteiger partial charge in [0.05, 0.1) is 6.04 Å². The number of carbonyl (C=O) groups excluding carboxylic acids is 2. The Labute approximate surface area is 156 Å². The summed E-state index contributed by atoms with van der Waals surface area (Å²) in [7, 11) is 0. The third-order valence-corrected chi connectivity index (χ3v) is 4.98. The molecule has 0 heterocycles. The van der Waals surface area contributed by atoms with Gasteiger partial charge in [-0.1, -0.05) is 40.2 Å². The minimum absolute atomic E-state index is 0.0298. The molecule has 0 radical (unpaired) electrons. The zero-order valence-corrected chi connectivity index (χ0v) is 15.5. The van der Waals surface area contributed by atoms with Crippen molar-refractivity contribution in [3.05, 3.63) is 69.7 Å². The topological polar surface area (TPSA) is 58.2 Å². The molecule has 0 saturated carbocycles. The molecule has 0 aliphatic heterocycles. The van der Waals surface area contributed by atoms with Crippen molar-refractivity contribution in [2.24, 2.45) is 0 Å². The van der Waals surface area contributed by atoms with E-state index in [-0.39, 0.29) is 24.3 Å². The van der Waals surface area contributed by atoms with Gasteiger partial charge in [0, 0.05) is 23.0 Å². The molecule has 2 N–H and O–H groups in total. The number of hydrogen-bond acceptors (Lipinski definition) is 2. The Morgan fingerprint density at radius 3 is 2.64 bits per heavy atom. The normalized spacial score (nSPS) is 16.0. The Bertz CT molecular complexity index is 759. The van der Waals surface area contributed by atoms with Crippen molar-refractivity contribution in [1.82, 2.24) is 10.6 Å². The predicted octanol–water partition coefficient (Wildman–Crippen LogP) is 3.76. The zero-order chi connectivity index (χ0) is 17.6. The van der Waals surface area contributed by atoms with E-state index in [1.165, 1.54) is 11.1 Å². The fourth-order valence-electron chi connectivity index (χ4n) is 3.16. The van der Waals surface area contributed by atoms with E-state index in [0.717, 1.165) is 23.7 Å². The fraction of sp³-hybridized carbons (Fsp3) is 0.300. The lowest BCUT2D eigenvalue weighted by Gasteiger charge is -2.26. The minimum atomic E-state index is -0.164. The number of hydrogen-bond donors (Lipinski definition) is 2. The van der Waals surface area contributed by atoms with Crippen LogP contribution in [-0.2, 0) is 11.2 Å². The highest BCUT2D eigenvalue weighted by Gasteiger charge is 2.21. The monoisotopic (exact) mass is 400 g/mol. The molecular weight excluding hydrogens is 380 g/mol. The first-order valence-electron chi connectivity index (χ1n) is 8.54. The van der Waals surface area contributed by atoms with Gasteiger partial charge in [-0.25, -0.2) is 0 Å². The quantitative estimate of drug-likeness (QED) is 0.802. The standard InChI is InChI=1S/C20H21BrN2O2/c21-16-10-8-15(9-11-16)20(25)22-13-12-19(24)23-18-7-3-5-14-4-1-2-6-17(14)18/h1-2,4,6,8-11,18H,3,5,7,12-13H2,(H,22,25)(H,23,24)/t18-/m0/s1. The van der Waals surface area contributed by atoms with Crippen molar-refractivity contribution in [1.29, 1.82) is 0 Å². The number of carbonyl (C=O) groups is 2. The molecule has 2 aromatic carbocycles. The average Bonchev–Trinajstić information content (AvgIpc) is 2.62. The molecule has 0 aromatic heterocycles. The summed E-state index contributed by atoms with van der Waals surface area (Å²) in [5, 5.41) is 5.89. The van der Waals surface area contributed by atoms with Crippen LogP contribution >= 0.6 is 15.9 Å². The molecule has 130 valence electrons. The molecule has 0 spiro atoms. The van der Waals surface area contributed by atoms with Gasteiger partial charge in [-0.2, -0.15) is 0 Å². The molecule has 1 atom stereocenters. The molecule has 3 rings (SSSR count). The highest BCUT2D eigenvalue weighted by atomic mass is 79.9. The molecule has 0 saturated heterocycles. The lowest BCUT2D eigenvalue weighted by Crippen LogP contribution is -2.34. The van der Waals surface area contributed by atoms with Crippen LogP contribution in [-0.4, -0.2) is 18.4 Å². The zero-order valence-electron chi connectivity index (χ0n) is 13.9. The molecule has 0 bridgehead atoms. The average molecular weight is 401 g/mol. The molecule has 5 heteroatoms. The summed E-state index contributed by atoms with van der Waals surface area (Å²) >= 11 is 3.34. The van der Waals surface area contributed by atoms with Crippen molar-refractivity contribution in [3.8, 4) is 0 Å². The van der Waals surface area contributed by atoms with E-state index in [2.05, 4.69) is 38.7 Å². The van der Waals surface area contributed by atoms with Crippen molar-refractivity contribution >= 4 is 27.7 Å². The maximum Gasteiger partial charge on any atom is 0.251 e. The highest BCUT2D eigenvalue weighted by molar-refractivity contribution is 9.10. The third-order valence-electron chi connectivity index (χ3n) is 4.45. The van der Waals surface area contributed by atoms with Crippen molar-refractivity contribution in [2.75, 3.05) is 6.54 Å². The number of nitrogens with one attached hydrogen (secondary N) is 2. The van der Waals surface area contributed by atoms with Gasteiger partial charge < -0.3 is 10.6 Å². The van der Waals surface area contributed by atoms with E-state index in [1.807, 2.05) is 24.3 Å². The number of halogens is 1. The molecule has 2 aromatic rings. The van der Waals surface area contributed by atoms with Crippen LogP contribution in [0.5, 0.6) is 0 Å².